The van der Waals surface area contributed by atoms with Crippen LogP contribution in [0.15, 0.2) is 134 Å². The van der Waals surface area contributed by atoms with E-state index in [1.165, 1.54) is 15.9 Å². The first-order valence-corrected chi connectivity index (χ1v) is 18.4. The molecule has 0 aliphatic carbocycles. The van der Waals surface area contributed by atoms with Gasteiger partial charge >= 0.3 is 238 Å². The number of rotatable bonds is 9. The number of benzene rings is 4. The van der Waals surface area contributed by atoms with Gasteiger partial charge in [-0.25, -0.2) is 0 Å². The van der Waals surface area contributed by atoms with Gasteiger partial charge in [0.1, 0.15) is 0 Å². The number of anilines is 1. The molecule has 0 unspecified atom stereocenters. The van der Waals surface area contributed by atoms with Gasteiger partial charge in [-0.3, -0.25) is 4.98 Å². The summed E-state index contributed by atoms with van der Waals surface area (Å²) in [6.07, 6.45) is 4.43. The number of aromatic nitrogens is 1. The molecule has 5 nitrogen and oxygen atoms in total. The summed E-state index contributed by atoms with van der Waals surface area (Å²) in [5.74, 6) is 0.638. The van der Waals surface area contributed by atoms with Gasteiger partial charge in [-0.15, -0.1) is 0 Å². The van der Waals surface area contributed by atoms with Gasteiger partial charge < -0.3 is 0 Å². The van der Waals surface area contributed by atoms with Crippen molar-refractivity contribution in [3.05, 3.63) is 145 Å². The van der Waals surface area contributed by atoms with E-state index >= 15 is 0 Å². The Kier molecular flexibility index (Phi) is 8.10. The molecule has 212 valence electrons. The molecule has 2 heterocycles. The number of fused-ring (bicyclic) bond motifs is 1. The van der Waals surface area contributed by atoms with Crippen molar-refractivity contribution in [3.63, 3.8) is 0 Å². The standard InChI is InChI=1S/C35H32BrN2O3P/c36-42(31-10-4-1-5-11-31,32-12-6-2-7-13-32,33-14-8-3-9-15-33)23-20-35(39)40-26-28-16-17-34-29(24-28)25-38(27-41-34)30-18-21-37-22-19-30/h1-19,21-22,24H,20,23,25-27H2. The van der Waals surface area contributed by atoms with E-state index in [1.54, 1.807) is 12.4 Å². The third kappa shape index (κ3) is 5.45. The van der Waals surface area contributed by atoms with Crippen LogP contribution in [0.1, 0.15) is 17.5 Å². The Morgan fingerprint density at radius 3 is 1.95 bits per heavy atom. The van der Waals surface area contributed by atoms with Gasteiger partial charge in [0.2, 0.25) is 0 Å². The van der Waals surface area contributed by atoms with Crippen LogP contribution in [0.5, 0.6) is 5.75 Å². The quantitative estimate of drug-likeness (QED) is 0.133. The minimum absolute atomic E-state index is 0.210. The number of carbonyl (C=O) groups excluding carboxylic acids is 1. The maximum absolute atomic E-state index is 13.4. The van der Waals surface area contributed by atoms with Crippen LogP contribution in [0.25, 0.3) is 0 Å². The van der Waals surface area contributed by atoms with Crippen molar-refractivity contribution < 1.29 is 14.3 Å². The van der Waals surface area contributed by atoms with E-state index < -0.39 is 5.31 Å². The molecular formula is C35H32BrN2O3P. The Labute approximate surface area is 254 Å². The Balaban J connectivity index is 1.22. The van der Waals surface area contributed by atoms with Gasteiger partial charge in [-0.1, -0.05) is 0 Å². The zero-order valence-corrected chi connectivity index (χ0v) is 25.7. The van der Waals surface area contributed by atoms with E-state index in [0.717, 1.165) is 22.6 Å². The number of hydrogen-bond acceptors (Lipinski definition) is 5. The summed E-state index contributed by atoms with van der Waals surface area (Å²) in [6.45, 7) is 1.40. The van der Waals surface area contributed by atoms with Crippen LogP contribution < -0.4 is 25.6 Å². The van der Waals surface area contributed by atoms with Crippen molar-refractivity contribution in [1.82, 2.24) is 4.98 Å². The van der Waals surface area contributed by atoms with E-state index in [4.69, 9.17) is 9.47 Å². The predicted octanol–water partition coefficient (Wildman–Crippen LogP) is 6.71. The summed E-state index contributed by atoms with van der Waals surface area (Å²) >= 11 is 4.41. The maximum atomic E-state index is 13.4. The molecule has 1 aromatic heterocycles. The number of nitrogens with zero attached hydrogens (tertiary/aromatic N) is 2. The van der Waals surface area contributed by atoms with Crippen LogP contribution in [0, 0.1) is 0 Å². The second-order valence-electron chi connectivity index (χ2n) is 10.4. The van der Waals surface area contributed by atoms with Crippen LogP contribution in [-0.4, -0.2) is 23.8 Å². The second kappa shape index (κ2) is 12.1. The summed E-state index contributed by atoms with van der Waals surface area (Å²) in [4.78, 5) is 19.6. The van der Waals surface area contributed by atoms with Crippen LogP contribution in [0.2, 0.25) is 0 Å². The van der Waals surface area contributed by atoms with Gasteiger partial charge in [0.05, 0.1) is 0 Å². The molecular weight excluding hydrogens is 607 g/mol. The molecule has 7 heteroatoms. The van der Waals surface area contributed by atoms with Gasteiger partial charge in [0.15, 0.2) is 0 Å². The first-order valence-electron chi connectivity index (χ1n) is 14.0. The Morgan fingerprint density at radius 2 is 1.38 bits per heavy atom. The second-order valence-corrected chi connectivity index (χ2v) is 19.5. The SMILES string of the molecule is O=C(CCP(Br)(c1ccccc1)(c1ccccc1)c1ccccc1)OCc1ccc2c(c1)CN(c1ccncc1)CO2. The number of hydrogen-bond donors (Lipinski definition) is 0. The van der Waals surface area contributed by atoms with Crippen molar-refractivity contribution in [3.8, 4) is 5.75 Å². The fourth-order valence-electron chi connectivity index (χ4n) is 5.69. The Morgan fingerprint density at radius 1 is 0.810 bits per heavy atom. The van der Waals surface area contributed by atoms with Gasteiger partial charge in [-0.05, 0) is 0 Å². The van der Waals surface area contributed by atoms with Crippen molar-refractivity contribution in [2.75, 3.05) is 17.8 Å². The number of pyridine rings is 1. The van der Waals surface area contributed by atoms with E-state index in [0.29, 0.717) is 19.4 Å². The topological polar surface area (TPSA) is 51.7 Å². The number of carbonyl (C=O) groups is 1. The first-order chi connectivity index (χ1) is 20.5. The molecule has 0 fully saturated rings. The molecule has 0 saturated heterocycles. The third-order valence-electron chi connectivity index (χ3n) is 7.91. The summed E-state index contributed by atoms with van der Waals surface area (Å²) in [5.41, 5.74) is 3.06. The van der Waals surface area contributed by atoms with Gasteiger partial charge in [0, 0.05) is 12.4 Å². The average Bonchev–Trinajstić information content (AvgIpc) is 3.07. The van der Waals surface area contributed by atoms with Crippen molar-refractivity contribution in [1.29, 1.82) is 0 Å². The molecule has 0 bridgehead atoms. The van der Waals surface area contributed by atoms with Gasteiger partial charge in [-0.2, -0.15) is 0 Å². The molecule has 1 aliphatic rings. The molecule has 0 atom stereocenters. The summed E-state index contributed by atoms with van der Waals surface area (Å²) in [6, 6.07) is 41.5. The average molecular weight is 640 g/mol. The minimum atomic E-state index is -3.19. The van der Waals surface area contributed by atoms with E-state index in [-0.39, 0.29) is 19.0 Å². The molecule has 0 spiro atoms. The molecule has 42 heavy (non-hydrogen) atoms. The zero-order valence-electron chi connectivity index (χ0n) is 23.2. The molecule has 0 amide bonds. The molecule has 1 aliphatic heterocycles. The molecule has 5 aromatic rings. The normalized spacial score (nSPS) is 13.7. The molecule has 0 radical (unpaired) electrons. The third-order valence-corrected chi connectivity index (χ3v) is 17.8. The summed E-state index contributed by atoms with van der Waals surface area (Å²) < 4.78 is 11.9. The van der Waals surface area contributed by atoms with Crippen LogP contribution in [-0.2, 0) is 22.7 Å². The Hall–Kier alpha value is -3.99. The Bertz CT molecular complexity index is 1550. The van der Waals surface area contributed by atoms with Crippen LogP contribution >= 0.6 is 20.8 Å². The number of ether oxygens (including phenoxy) is 2. The summed E-state index contributed by atoms with van der Waals surface area (Å²) in [5, 5.41) is 0.360. The molecule has 4 aromatic carbocycles. The van der Waals surface area contributed by atoms with E-state index in [9.17, 15) is 4.79 Å². The van der Waals surface area contributed by atoms with Crippen LogP contribution in [0.3, 0.4) is 0 Å². The molecule has 0 saturated carbocycles. The fourth-order valence-corrected chi connectivity index (χ4v) is 13.0. The van der Waals surface area contributed by atoms with E-state index in [2.05, 4.69) is 104 Å². The van der Waals surface area contributed by atoms with Crippen molar-refractivity contribution in [2.45, 2.75) is 19.6 Å². The number of halogens is 1. The fraction of sp³-hybridized carbons (Fsp3) is 0.143. The van der Waals surface area contributed by atoms with E-state index in [1.807, 2.05) is 42.5 Å². The van der Waals surface area contributed by atoms with Crippen molar-refractivity contribution >= 4 is 48.4 Å². The predicted molar refractivity (Wildman–Crippen MR) is 176 cm³/mol. The van der Waals surface area contributed by atoms with Gasteiger partial charge in [0.25, 0.3) is 0 Å². The van der Waals surface area contributed by atoms with Crippen molar-refractivity contribution in [2.24, 2.45) is 0 Å². The van der Waals surface area contributed by atoms with Crippen LogP contribution in [0.4, 0.5) is 5.69 Å². The zero-order chi connectivity index (χ0) is 28.9. The monoisotopic (exact) mass is 638 g/mol. The molecule has 0 N–H and O–H groups in total. The molecule has 6 rings (SSSR count). The number of esters is 1. The first kappa shape index (κ1) is 28.1. The summed E-state index contributed by atoms with van der Waals surface area (Å²) in [7, 11) is 0.